The number of ether oxygens (including phenoxy) is 1. The van der Waals surface area contributed by atoms with Crippen molar-refractivity contribution in [2.75, 3.05) is 23.8 Å². The molecule has 1 heterocycles. The molecule has 5 nitrogen and oxygen atoms in total. The Morgan fingerprint density at radius 1 is 1.18 bits per heavy atom. The lowest BCUT2D eigenvalue weighted by Crippen LogP contribution is -2.44. The van der Waals surface area contributed by atoms with Gasteiger partial charge in [-0.15, -0.1) is 11.8 Å². The SMILES string of the molecule is CC1=C(C(=O)N(CC(=O)NC2CCCCCC2)c2ccc(Cl)cc2)SCCO1. The smallest absolute Gasteiger partial charge is 0.268 e. The lowest BCUT2D eigenvalue weighted by atomic mass is 10.1. The fourth-order valence-electron chi connectivity index (χ4n) is 3.58. The molecule has 2 aliphatic rings. The summed E-state index contributed by atoms with van der Waals surface area (Å²) < 4.78 is 5.55. The first-order chi connectivity index (χ1) is 13.5. The second-order valence-electron chi connectivity index (χ2n) is 7.21. The van der Waals surface area contributed by atoms with Crippen molar-refractivity contribution < 1.29 is 14.3 Å². The Morgan fingerprint density at radius 3 is 2.50 bits per heavy atom. The number of carbonyl (C=O) groups is 2. The van der Waals surface area contributed by atoms with Crippen molar-refractivity contribution in [2.24, 2.45) is 0 Å². The highest BCUT2D eigenvalue weighted by atomic mass is 35.5. The quantitative estimate of drug-likeness (QED) is 0.709. The summed E-state index contributed by atoms with van der Waals surface area (Å²) in [6.07, 6.45) is 6.76. The van der Waals surface area contributed by atoms with Gasteiger partial charge in [0.25, 0.3) is 5.91 Å². The van der Waals surface area contributed by atoms with Gasteiger partial charge in [0.2, 0.25) is 5.91 Å². The van der Waals surface area contributed by atoms with E-state index in [0.29, 0.717) is 28.0 Å². The van der Waals surface area contributed by atoms with Gasteiger partial charge in [-0.25, -0.2) is 0 Å². The van der Waals surface area contributed by atoms with E-state index in [-0.39, 0.29) is 24.4 Å². The minimum atomic E-state index is -0.208. The van der Waals surface area contributed by atoms with Crippen molar-refractivity contribution in [2.45, 2.75) is 51.5 Å². The predicted molar refractivity (Wildman–Crippen MR) is 115 cm³/mol. The van der Waals surface area contributed by atoms with E-state index in [0.717, 1.165) is 31.4 Å². The first-order valence-electron chi connectivity index (χ1n) is 9.88. The number of nitrogens with zero attached hydrogens (tertiary/aromatic N) is 1. The summed E-state index contributed by atoms with van der Waals surface area (Å²) in [5.74, 6) is 1.00. The third kappa shape index (κ3) is 5.67. The molecule has 1 N–H and O–H groups in total. The number of nitrogens with one attached hydrogen (secondary N) is 1. The lowest BCUT2D eigenvalue weighted by molar-refractivity contribution is -0.123. The van der Waals surface area contributed by atoms with Crippen molar-refractivity contribution in [1.82, 2.24) is 5.32 Å². The van der Waals surface area contributed by atoms with Gasteiger partial charge in [0.05, 0.1) is 6.61 Å². The number of carbonyl (C=O) groups excluding carboxylic acids is 2. The Kier molecular flexibility index (Phi) is 7.68. The molecule has 1 aromatic carbocycles. The number of amides is 2. The van der Waals surface area contributed by atoms with Gasteiger partial charge in [-0.2, -0.15) is 0 Å². The van der Waals surface area contributed by atoms with Gasteiger partial charge in [-0.05, 0) is 44.0 Å². The van der Waals surface area contributed by atoms with Crippen molar-refractivity contribution in [3.8, 4) is 0 Å². The van der Waals surface area contributed by atoms with Crippen LogP contribution in [0.2, 0.25) is 5.02 Å². The Hall–Kier alpha value is -1.66. The molecule has 1 aliphatic heterocycles. The number of hydrogen-bond donors (Lipinski definition) is 1. The summed E-state index contributed by atoms with van der Waals surface area (Å²) in [6.45, 7) is 2.37. The van der Waals surface area contributed by atoms with Gasteiger partial charge in [0.1, 0.15) is 17.2 Å². The van der Waals surface area contributed by atoms with Crippen LogP contribution in [-0.2, 0) is 14.3 Å². The van der Waals surface area contributed by atoms with Gasteiger partial charge >= 0.3 is 0 Å². The van der Waals surface area contributed by atoms with Crippen molar-refractivity contribution in [3.63, 3.8) is 0 Å². The lowest BCUT2D eigenvalue weighted by Gasteiger charge is -2.27. The summed E-state index contributed by atoms with van der Waals surface area (Å²) in [7, 11) is 0. The Labute approximate surface area is 175 Å². The molecule has 152 valence electrons. The van der Waals surface area contributed by atoms with Crippen LogP contribution in [0.3, 0.4) is 0 Å². The minimum absolute atomic E-state index is 0.0195. The van der Waals surface area contributed by atoms with E-state index in [9.17, 15) is 9.59 Å². The number of allylic oxidation sites excluding steroid dienone is 1. The Morgan fingerprint density at radius 2 is 1.86 bits per heavy atom. The largest absolute Gasteiger partial charge is 0.496 e. The number of thioether (sulfide) groups is 1. The summed E-state index contributed by atoms with van der Waals surface area (Å²) in [4.78, 5) is 28.1. The maximum Gasteiger partial charge on any atom is 0.268 e. The molecule has 28 heavy (non-hydrogen) atoms. The third-order valence-corrected chi connectivity index (χ3v) is 6.44. The van der Waals surface area contributed by atoms with Crippen molar-refractivity contribution in [1.29, 1.82) is 0 Å². The first-order valence-corrected chi connectivity index (χ1v) is 11.2. The summed E-state index contributed by atoms with van der Waals surface area (Å²) >= 11 is 7.48. The molecule has 1 saturated carbocycles. The van der Waals surface area contributed by atoms with Crippen molar-refractivity contribution in [3.05, 3.63) is 40.0 Å². The van der Waals surface area contributed by atoms with E-state index >= 15 is 0 Å². The summed E-state index contributed by atoms with van der Waals surface area (Å²) in [5.41, 5.74) is 0.650. The fourth-order valence-corrected chi connectivity index (χ4v) is 4.58. The maximum absolute atomic E-state index is 13.2. The zero-order valence-corrected chi connectivity index (χ0v) is 17.8. The molecule has 2 amide bonds. The number of halogens is 1. The zero-order chi connectivity index (χ0) is 19.9. The second kappa shape index (κ2) is 10.2. The number of rotatable bonds is 5. The highest BCUT2D eigenvalue weighted by Gasteiger charge is 2.27. The van der Waals surface area contributed by atoms with E-state index in [2.05, 4.69) is 5.32 Å². The van der Waals surface area contributed by atoms with Gasteiger partial charge < -0.3 is 10.1 Å². The van der Waals surface area contributed by atoms with E-state index in [1.165, 1.54) is 29.5 Å². The van der Waals surface area contributed by atoms with Crippen LogP contribution >= 0.6 is 23.4 Å². The average Bonchev–Trinajstić information content (AvgIpc) is 2.95. The zero-order valence-electron chi connectivity index (χ0n) is 16.2. The number of anilines is 1. The van der Waals surface area contributed by atoms with Crippen LogP contribution in [0, 0.1) is 0 Å². The molecule has 1 aliphatic carbocycles. The van der Waals surface area contributed by atoms with E-state index in [1.54, 1.807) is 31.2 Å². The van der Waals surface area contributed by atoms with Crippen LogP contribution in [0.15, 0.2) is 34.9 Å². The highest BCUT2D eigenvalue weighted by Crippen LogP contribution is 2.29. The first kappa shape index (κ1) is 21.1. The molecule has 7 heteroatoms. The summed E-state index contributed by atoms with van der Waals surface area (Å²) in [6, 6.07) is 7.19. The van der Waals surface area contributed by atoms with E-state index in [1.807, 2.05) is 0 Å². The molecule has 0 bridgehead atoms. The number of benzene rings is 1. The molecule has 0 unspecified atom stereocenters. The average molecular weight is 423 g/mol. The predicted octanol–water partition coefficient (Wildman–Crippen LogP) is 4.51. The molecule has 0 radical (unpaired) electrons. The van der Waals surface area contributed by atoms with Gasteiger partial charge in [0.15, 0.2) is 0 Å². The highest BCUT2D eigenvalue weighted by molar-refractivity contribution is 8.04. The normalized spacial score (nSPS) is 18.2. The van der Waals surface area contributed by atoms with Crippen LogP contribution in [0.5, 0.6) is 0 Å². The topological polar surface area (TPSA) is 58.6 Å². The van der Waals surface area contributed by atoms with Crippen LogP contribution in [0.25, 0.3) is 0 Å². The van der Waals surface area contributed by atoms with Crippen LogP contribution < -0.4 is 10.2 Å². The van der Waals surface area contributed by atoms with E-state index < -0.39 is 0 Å². The van der Waals surface area contributed by atoms with Crippen LogP contribution in [0.4, 0.5) is 5.69 Å². The third-order valence-electron chi connectivity index (χ3n) is 5.07. The van der Waals surface area contributed by atoms with Crippen LogP contribution in [0.1, 0.15) is 45.4 Å². The monoisotopic (exact) mass is 422 g/mol. The number of hydrogen-bond acceptors (Lipinski definition) is 4. The molecular weight excluding hydrogens is 396 g/mol. The van der Waals surface area contributed by atoms with Gasteiger partial charge in [-0.3, -0.25) is 14.5 Å². The maximum atomic E-state index is 13.2. The van der Waals surface area contributed by atoms with Gasteiger partial charge in [-0.1, -0.05) is 37.3 Å². The Balaban J connectivity index is 1.76. The summed E-state index contributed by atoms with van der Waals surface area (Å²) in [5, 5.41) is 3.71. The molecule has 0 aromatic heterocycles. The van der Waals surface area contributed by atoms with Gasteiger partial charge in [0, 0.05) is 22.5 Å². The molecular formula is C21H27ClN2O3S. The molecule has 1 fully saturated rings. The minimum Gasteiger partial charge on any atom is -0.496 e. The fraction of sp³-hybridized carbons (Fsp3) is 0.524. The van der Waals surface area contributed by atoms with Crippen molar-refractivity contribution >= 4 is 40.9 Å². The Bertz CT molecular complexity index is 728. The van der Waals surface area contributed by atoms with E-state index in [4.69, 9.17) is 16.3 Å². The molecule has 0 saturated heterocycles. The second-order valence-corrected chi connectivity index (χ2v) is 8.75. The van der Waals surface area contributed by atoms with Crippen LogP contribution in [-0.4, -0.2) is 36.8 Å². The molecule has 1 aromatic rings. The molecule has 0 atom stereocenters. The standard InChI is InChI=1S/C21H27ClN2O3S/c1-15-20(28-13-12-27-15)21(26)24(18-10-8-16(22)9-11-18)14-19(25)23-17-6-4-2-3-5-7-17/h8-11,17H,2-7,12-14H2,1H3,(H,23,25). The molecule has 3 rings (SSSR count). The molecule has 0 spiro atoms.